The van der Waals surface area contributed by atoms with E-state index in [2.05, 4.69) is 5.32 Å². The predicted octanol–water partition coefficient (Wildman–Crippen LogP) is 4.26. The van der Waals surface area contributed by atoms with Crippen molar-refractivity contribution in [3.63, 3.8) is 0 Å². The van der Waals surface area contributed by atoms with Gasteiger partial charge in [-0.05, 0) is 73.4 Å². The Hall–Kier alpha value is -2.69. The molecule has 0 saturated heterocycles. The van der Waals surface area contributed by atoms with Gasteiger partial charge in [0.05, 0.1) is 5.92 Å². The number of carbonyl (C=O) groups excluding carboxylic acids is 2. The summed E-state index contributed by atoms with van der Waals surface area (Å²) in [4.78, 5) is 27.4. The van der Waals surface area contributed by atoms with Crippen LogP contribution in [-0.2, 0) is 16.0 Å². The van der Waals surface area contributed by atoms with E-state index >= 15 is 0 Å². The highest BCUT2D eigenvalue weighted by Crippen LogP contribution is 2.43. The van der Waals surface area contributed by atoms with Crippen LogP contribution in [0.2, 0.25) is 0 Å². The van der Waals surface area contributed by atoms with Crippen molar-refractivity contribution in [1.82, 2.24) is 0 Å². The van der Waals surface area contributed by atoms with Crippen LogP contribution < -0.4 is 10.2 Å². The van der Waals surface area contributed by atoms with Gasteiger partial charge in [-0.2, -0.15) is 0 Å². The number of carbonyl (C=O) groups is 2. The average Bonchev–Trinajstić information content (AvgIpc) is 3.60. The van der Waals surface area contributed by atoms with Crippen molar-refractivity contribution in [2.45, 2.75) is 38.0 Å². The first kappa shape index (κ1) is 17.4. The molecule has 2 aromatic rings. The number of rotatable bonds is 5. The van der Waals surface area contributed by atoms with Gasteiger partial charge in [-0.15, -0.1) is 0 Å². The molecule has 1 heterocycles. The molecule has 1 aliphatic heterocycles. The number of fused-ring (bicyclic) bond motifs is 1. The second-order valence-corrected chi connectivity index (χ2v) is 8.21. The number of nitrogens with zero attached hydrogens (tertiary/aromatic N) is 1. The minimum Gasteiger partial charge on any atom is -0.325 e. The van der Waals surface area contributed by atoms with Crippen molar-refractivity contribution in [2.24, 2.45) is 11.8 Å². The van der Waals surface area contributed by atoms with Gasteiger partial charge in [0.2, 0.25) is 11.8 Å². The molecule has 2 fully saturated rings. The second kappa shape index (κ2) is 6.73. The normalized spacial score (nSPS) is 19.2. The van der Waals surface area contributed by atoms with Gasteiger partial charge in [0.15, 0.2) is 0 Å². The van der Waals surface area contributed by atoms with E-state index in [0.717, 1.165) is 55.5 Å². The van der Waals surface area contributed by atoms with Crippen LogP contribution >= 0.6 is 0 Å². The summed E-state index contributed by atoms with van der Waals surface area (Å²) in [6, 6.07) is 12.1. The molecule has 4 nitrogen and oxygen atoms in total. The van der Waals surface area contributed by atoms with Gasteiger partial charge in [-0.25, -0.2) is 4.39 Å². The Morgan fingerprint density at radius 2 is 1.79 bits per heavy atom. The summed E-state index contributed by atoms with van der Waals surface area (Å²) in [6.07, 6.45) is 4.87. The maximum Gasteiger partial charge on any atom is 0.232 e. The fraction of sp³-hybridized carbons (Fsp3) is 0.391. The molecule has 2 saturated carbocycles. The first-order valence-corrected chi connectivity index (χ1v) is 10.1. The van der Waals surface area contributed by atoms with Gasteiger partial charge in [0, 0.05) is 23.8 Å². The maximum absolute atomic E-state index is 13.3. The van der Waals surface area contributed by atoms with Crippen LogP contribution in [0.15, 0.2) is 42.5 Å². The Balaban J connectivity index is 1.36. The third-order valence-corrected chi connectivity index (χ3v) is 6.05. The summed E-state index contributed by atoms with van der Waals surface area (Å²) in [5, 5.41) is 3.04. The third kappa shape index (κ3) is 3.30. The predicted molar refractivity (Wildman–Crippen MR) is 106 cm³/mol. The summed E-state index contributed by atoms with van der Waals surface area (Å²) in [5.74, 6) is 0.0853. The number of nitrogens with one attached hydrogen (secondary N) is 1. The molecule has 0 bridgehead atoms. The molecule has 5 rings (SSSR count). The van der Waals surface area contributed by atoms with Crippen LogP contribution in [0.3, 0.4) is 0 Å². The SMILES string of the molecule is O=C(Nc1ccc2c(c1)N(C(=O)C1CC1)CC2)C(c1ccc(F)cc1)C1CC1. The molecule has 1 atom stereocenters. The fourth-order valence-corrected chi connectivity index (χ4v) is 4.19. The zero-order valence-corrected chi connectivity index (χ0v) is 15.7. The number of anilines is 2. The fourth-order valence-electron chi connectivity index (χ4n) is 4.19. The summed E-state index contributed by atoms with van der Waals surface area (Å²) in [5.41, 5.74) is 3.66. The molecule has 144 valence electrons. The summed E-state index contributed by atoms with van der Waals surface area (Å²) >= 11 is 0. The lowest BCUT2D eigenvalue weighted by molar-refractivity contribution is -0.119. The zero-order chi connectivity index (χ0) is 19.3. The van der Waals surface area contributed by atoms with E-state index in [1.807, 2.05) is 23.1 Å². The smallest absolute Gasteiger partial charge is 0.232 e. The molecule has 2 aromatic carbocycles. The minimum absolute atomic E-state index is 0.0628. The maximum atomic E-state index is 13.3. The van der Waals surface area contributed by atoms with E-state index in [1.54, 1.807) is 12.1 Å². The van der Waals surface area contributed by atoms with E-state index in [1.165, 1.54) is 12.1 Å². The Kier molecular flexibility index (Phi) is 4.18. The average molecular weight is 378 g/mol. The topological polar surface area (TPSA) is 49.4 Å². The molecule has 0 spiro atoms. The van der Waals surface area contributed by atoms with Gasteiger partial charge in [0.1, 0.15) is 5.82 Å². The number of hydrogen-bond donors (Lipinski definition) is 1. The highest BCUT2D eigenvalue weighted by molar-refractivity contribution is 6.00. The highest BCUT2D eigenvalue weighted by atomic mass is 19.1. The van der Waals surface area contributed by atoms with E-state index in [4.69, 9.17) is 0 Å². The lowest BCUT2D eigenvalue weighted by Crippen LogP contribution is -2.30. The quantitative estimate of drug-likeness (QED) is 0.845. The molecular weight excluding hydrogens is 355 g/mol. The van der Waals surface area contributed by atoms with E-state index < -0.39 is 0 Å². The van der Waals surface area contributed by atoms with Crippen LogP contribution in [0.25, 0.3) is 0 Å². The van der Waals surface area contributed by atoms with E-state index in [9.17, 15) is 14.0 Å². The lowest BCUT2D eigenvalue weighted by Gasteiger charge is -2.20. The van der Waals surface area contributed by atoms with Crippen molar-refractivity contribution in [1.29, 1.82) is 0 Å². The van der Waals surface area contributed by atoms with Crippen LogP contribution in [0.5, 0.6) is 0 Å². The number of hydrogen-bond acceptors (Lipinski definition) is 2. The lowest BCUT2D eigenvalue weighted by atomic mass is 9.93. The third-order valence-electron chi connectivity index (χ3n) is 6.05. The molecule has 1 N–H and O–H groups in total. The van der Waals surface area contributed by atoms with Crippen LogP contribution in [0.1, 0.15) is 42.7 Å². The van der Waals surface area contributed by atoms with Gasteiger partial charge in [-0.1, -0.05) is 18.2 Å². The van der Waals surface area contributed by atoms with Gasteiger partial charge in [-0.3, -0.25) is 9.59 Å². The highest BCUT2D eigenvalue weighted by Gasteiger charge is 2.38. The zero-order valence-electron chi connectivity index (χ0n) is 15.7. The van der Waals surface area contributed by atoms with Gasteiger partial charge in [0.25, 0.3) is 0 Å². The molecule has 2 amide bonds. The molecule has 0 aromatic heterocycles. The van der Waals surface area contributed by atoms with Gasteiger partial charge < -0.3 is 10.2 Å². The second-order valence-electron chi connectivity index (χ2n) is 8.21. The van der Waals surface area contributed by atoms with Crippen molar-refractivity contribution in [3.05, 3.63) is 59.4 Å². The summed E-state index contributed by atoms with van der Waals surface area (Å²) in [7, 11) is 0. The van der Waals surface area contributed by atoms with E-state index in [-0.39, 0.29) is 29.5 Å². The minimum atomic E-state index is -0.294. The molecule has 28 heavy (non-hydrogen) atoms. The van der Waals surface area contributed by atoms with Gasteiger partial charge >= 0.3 is 0 Å². The molecule has 3 aliphatic rings. The molecular formula is C23H23FN2O2. The first-order valence-electron chi connectivity index (χ1n) is 10.1. The number of benzene rings is 2. The van der Waals surface area contributed by atoms with Crippen molar-refractivity contribution >= 4 is 23.2 Å². The number of amides is 2. The van der Waals surface area contributed by atoms with Crippen LogP contribution in [-0.4, -0.2) is 18.4 Å². The number of halogens is 1. The monoisotopic (exact) mass is 378 g/mol. The molecule has 5 heteroatoms. The Morgan fingerprint density at radius 1 is 1.04 bits per heavy atom. The summed E-state index contributed by atoms with van der Waals surface area (Å²) < 4.78 is 13.3. The van der Waals surface area contributed by atoms with E-state index in [0.29, 0.717) is 11.6 Å². The molecule has 2 aliphatic carbocycles. The Bertz CT molecular complexity index is 932. The molecule has 1 unspecified atom stereocenters. The first-order chi connectivity index (χ1) is 13.6. The van der Waals surface area contributed by atoms with Crippen LogP contribution in [0.4, 0.5) is 15.8 Å². The van der Waals surface area contributed by atoms with Crippen LogP contribution in [0, 0.1) is 17.7 Å². The molecule has 0 radical (unpaired) electrons. The van der Waals surface area contributed by atoms with Crippen molar-refractivity contribution in [3.8, 4) is 0 Å². The Morgan fingerprint density at radius 3 is 2.46 bits per heavy atom. The van der Waals surface area contributed by atoms with Crippen molar-refractivity contribution in [2.75, 3.05) is 16.8 Å². The Labute approximate surface area is 163 Å². The van der Waals surface area contributed by atoms with Crippen molar-refractivity contribution < 1.29 is 14.0 Å². The standard InChI is InChI=1S/C23H23FN2O2/c24-18-8-5-16(6-9-18)21(15-1-2-15)22(27)25-19-10-7-14-11-12-26(20(14)13-19)23(28)17-3-4-17/h5-10,13,15,17,21H,1-4,11-12H2,(H,25,27). The summed E-state index contributed by atoms with van der Waals surface area (Å²) in [6.45, 7) is 0.725. The largest absolute Gasteiger partial charge is 0.325 e.